The normalized spacial score (nSPS) is 11.8. The number of hydrogen-bond acceptors (Lipinski definition) is 2. The number of aryl methyl sites for hydroxylation is 1. The van der Waals surface area contributed by atoms with Gasteiger partial charge in [0.25, 0.3) is 0 Å². The van der Waals surface area contributed by atoms with Crippen molar-refractivity contribution >= 4 is 10.0 Å². The molecule has 0 saturated heterocycles. The number of benzene rings is 2. The highest BCUT2D eigenvalue weighted by Gasteiger charge is 2.21. The summed E-state index contributed by atoms with van der Waals surface area (Å²) in [6.07, 6.45) is 0. The van der Waals surface area contributed by atoms with Gasteiger partial charge in [0, 0.05) is 19.2 Å². The predicted octanol–water partition coefficient (Wildman–Crippen LogP) is 2.95. The fourth-order valence-electron chi connectivity index (χ4n) is 1.84. The molecule has 0 atom stereocenters. The first-order valence-corrected chi connectivity index (χ1v) is 7.61. The lowest BCUT2D eigenvalue weighted by molar-refractivity contribution is 0.456. The molecule has 0 aliphatic carbocycles. The van der Waals surface area contributed by atoms with Gasteiger partial charge in [-0.05, 0) is 25.1 Å². The van der Waals surface area contributed by atoms with Gasteiger partial charge in [-0.25, -0.2) is 12.8 Å². The van der Waals surface area contributed by atoms with Crippen LogP contribution in [-0.2, 0) is 16.6 Å². The fourth-order valence-corrected chi connectivity index (χ4v) is 2.99. The van der Waals surface area contributed by atoms with E-state index in [9.17, 15) is 12.8 Å². The molecule has 0 aliphatic heterocycles. The van der Waals surface area contributed by atoms with E-state index < -0.39 is 15.8 Å². The zero-order valence-electron chi connectivity index (χ0n) is 11.4. The Morgan fingerprint density at radius 3 is 2.25 bits per heavy atom. The van der Waals surface area contributed by atoms with Crippen molar-refractivity contribution in [1.29, 1.82) is 0 Å². The first kappa shape index (κ1) is 14.7. The molecule has 0 spiro atoms. The van der Waals surface area contributed by atoms with Crippen LogP contribution in [-0.4, -0.2) is 19.8 Å². The SMILES string of the molecule is Cc1ccc(S(=O)(=O)N(C)Cc2ccccc2F)cc1. The van der Waals surface area contributed by atoms with Crippen molar-refractivity contribution in [2.24, 2.45) is 0 Å². The molecule has 3 nitrogen and oxygen atoms in total. The first-order valence-electron chi connectivity index (χ1n) is 6.17. The van der Waals surface area contributed by atoms with Crippen LogP contribution in [0, 0.1) is 12.7 Å². The van der Waals surface area contributed by atoms with Gasteiger partial charge in [-0.2, -0.15) is 4.31 Å². The second kappa shape index (κ2) is 5.73. The minimum Gasteiger partial charge on any atom is -0.207 e. The predicted molar refractivity (Wildman–Crippen MR) is 76.2 cm³/mol. The third-order valence-electron chi connectivity index (χ3n) is 3.08. The minimum absolute atomic E-state index is 0.00286. The summed E-state index contributed by atoms with van der Waals surface area (Å²) in [6.45, 7) is 1.89. The van der Waals surface area contributed by atoms with Gasteiger partial charge in [0.2, 0.25) is 10.0 Å². The molecule has 0 unspecified atom stereocenters. The lowest BCUT2D eigenvalue weighted by atomic mass is 10.2. The van der Waals surface area contributed by atoms with E-state index in [0.29, 0.717) is 5.56 Å². The molecule has 106 valence electrons. The largest absolute Gasteiger partial charge is 0.243 e. The Kier molecular flexibility index (Phi) is 4.20. The smallest absolute Gasteiger partial charge is 0.207 e. The van der Waals surface area contributed by atoms with Gasteiger partial charge < -0.3 is 0 Å². The first-order chi connectivity index (χ1) is 9.41. The van der Waals surface area contributed by atoms with Crippen molar-refractivity contribution in [2.75, 3.05) is 7.05 Å². The molecule has 0 aromatic heterocycles. The van der Waals surface area contributed by atoms with Gasteiger partial charge in [-0.1, -0.05) is 35.9 Å². The quantitative estimate of drug-likeness (QED) is 0.869. The summed E-state index contributed by atoms with van der Waals surface area (Å²) >= 11 is 0. The summed E-state index contributed by atoms with van der Waals surface area (Å²) in [4.78, 5) is 0.210. The maximum Gasteiger partial charge on any atom is 0.243 e. The summed E-state index contributed by atoms with van der Waals surface area (Å²) in [5.41, 5.74) is 1.34. The average molecular weight is 293 g/mol. The Morgan fingerprint density at radius 1 is 1.05 bits per heavy atom. The Labute approximate surface area is 118 Å². The Morgan fingerprint density at radius 2 is 1.65 bits per heavy atom. The molecule has 2 aromatic rings. The van der Waals surface area contributed by atoms with Crippen LogP contribution in [0.1, 0.15) is 11.1 Å². The van der Waals surface area contributed by atoms with Crippen LogP contribution in [0.15, 0.2) is 53.4 Å². The maximum atomic E-state index is 13.6. The van der Waals surface area contributed by atoms with Crippen LogP contribution >= 0.6 is 0 Å². The molecular formula is C15H16FNO2S. The van der Waals surface area contributed by atoms with Crippen LogP contribution in [0.25, 0.3) is 0 Å². The molecule has 2 aromatic carbocycles. The highest BCUT2D eigenvalue weighted by molar-refractivity contribution is 7.89. The van der Waals surface area contributed by atoms with E-state index in [-0.39, 0.29) is 11.4 Å². The Hall–Kier alpha value is -1.72. The molecule has 0 bridgehead atoms. The van der Waals surface area contributed by atoms with Gasteiger partial charge >= 0.3 is 0 Å². The lowest BCUT2D eigenvalue weighted by Crippen LogP contribution is -2.26. The molecule has 0 radical (unpaired) electrons. The van der Waals surface area contributed by atoms with E-state index in [1.165, 1.54) is 13.1 Å². The Balaban J connectivity index is 2.26. The van der Waals surface area contributed by atoms with Crippen LogP contribution in [0.2, 0.25) is 0 Å². The molecule has 2 rings (SSSR count). The van der Waals surface area contributed by atoms with Crippen molar-refractivity contribution in [1.82, 2.24) is 4.31 Å². The zero-order chi connectivity index (χ0) is 14.8. The number of sulfonamides is 1. The second-order valence-corrected chi connectivity index (χ2v) is 6.71. The third kappa shape index (κ3) is 3.05. The monoisotopic (exact) mass is 293 g/mol. The molecular weight excluding hydrogens is 277 g/mol. The van der Waals surface area contributed by atoms with Gasteiger partial charge in [-0.15, -0.1) is 0 Å². The number of nitrogens with zero attached hydrogens (tertiary/aromatic N) is 1. The molecule has 20 heavy (non-hydrogen) atoms. The van der Waals surface area contributed by atoms with Crippen molar-refractivity contribution in [3.05, 3.63) is 65.5 Å². The number of hydrogen-bond donors (Lipinski definition) is 0. The number of halogens is 1. The average Bonchev–Trinajstić information content (AvgIpc) is 2.41. The van der Waals surface area contributed by atoms with E-state index in [2.05, 4.69) is 0 Å². The molecule has 0 amide bonds. The molecule has 0 saturated carbocycles. The summed E-state index contributed by atoms with van der Waals surface area (Å²) in [6, 6.07) is 12.8. The third-order valence-corrected chi connectivity index (χ3v) is 4.90. The van der Waals surface area contributed by atoms with Crippen molar-refractivity contribution in [3.63, 3.8) is 0 Å². The fraction of sp³-hybridized carbons (Fsp3) is 0.200. The van der Waals surface area contributed by atoms with Crippen molar-refractivity contribution < 1.29 is 12.8 Å². The standard InChI is InChI=1S/C15H16FNO2S/c1-12-7-9-14(10-8-12)20(18,19)17(2)11-13-5-3-4-6-15(13)16/h3-10H,11H2,1-2H3. The Bertz CT molecular complexity index is 696. The van der Waals surface area contributed by atoms with Crippen molar-refractivity contribution in [3.8, 4) is 0 Å². The maximum absolute atomic E-state index is 13.6. The van der Waals surface area contributed by atoms with E-state index in [1.807, 2.05) is 6.92 Å². The second-order valence-electron chi connectivity index (χ2n) is 4.67. The van der Waals surface area contributed by atoms with Crippen LogP contribution in [0.3, 0.4) is 0 Å². The summed E-state index contributed by atoms with van der Waals surface area (Å²) < 4.78 is 39.4. The van der Waals surface area contributed by atoms with Gasteiger partial charge in [0.05, 0.1) is 4.90 Å². The summed E-state index contributed by atoms with van der Waals surface area (Å²) in [5.74, 6) is -0.404. The minimum atomic E-state index is -3.60. The molecule has 0 aliphatic rings. The lowest BCUT2D eigenvalue weighted by Gasteiger charge is -2.17. The van der Waals surface area contributed by atoms with Gasteiger partial charge in [0.1, 0.15) is 5.82 Å². The molecule has 0 N–H and O–H groups in total. The van der Waals surface area contributed by atoms with Crippen LogP contribution < -0.4 is 0 Å². The highest BCUT2D eigenvalue weighted by Crippen LogP contribution is 2.18. The zero-order valence-corrected chi connectivity index (χ0v) is 12.2. The van der Waals surface area contributed by atoms with E-state index in [4.69, 9.17) is 0 Å². The van der Waals surface area contributed by atoms with Crippen molar-refractivity contribution in [2.45, 2.75) is 18.4 Å². The summed E-state index contributed by atoms with van der Waals surface area (Å²) in [5, 5.41) is 0. The van der Waals surface area contributed by atoms with E-state index in [1.54, 1.807) is 42.5 Å². The van der Waals surface area contributed by atoms with Gasteiger partial charge in [-0.3, -0.25) is 0 Å². The van der Waals surface area contributed by atoms with Gasteiger partial charge in [0.15, 0.2) is 0 Å². The number of rotatable bonds is 4. The topological polar surface area (TPSA) is 37.4 Å². The highest BCUT2D eigenvalue weighted by atomic mass is 32.2. The molecule has 5 heteroatoms. The van der Waals surface area contributed by atoms with E-state index in [0.717, 1.165) is 9.87 Å². The van der Waals surface area contributed by atoms with Crippen LogP contribution in [0.5, 0.6) is 0 Å². The van der Waals surface area contributed by atoms with E-state index >= 15 is 0 Å². The summed E-state index contributed by atoms with van der Waals surface area (Å²) in [7, 11) is -2.16. The molecule has 0 heterocycles. The van der Waals surface area contributed by atoms with Crippen LogP contribution in [0.4, 0.5) is 4.39 Å². The molecule has 0 fully saturated rings.